The number of Topliss-reactive ketones (excluding diaryl/α,β-unsaturated/α-hetero) is 1. The molecule has 0 aliphatic carbocycles. The third-order valence-corrected chi connectivity index (χ3v) is 8.83. The van der Waals surface area contributed by atoms with E-state index in [1.165, 1.54) is 32.4 Å². The molecule has 2 atom stereocenters. The van der Waals surface area contributed by atoms with Gasteiger partial charge in [-0.1, -0.05) is 51.9 Å². The molecule has 5 nitrogen and oxygen atoms in total. The van der Waals surface area contributed by atoms with E-state index in [1.54, 1.807) is 0 Å². The maximum atomic E-state index is 11.9. The van der Waals surface area contributed by atoms with Crippen molar-refractivity contribution in [3.05, 3.63) is 29.8 Å². The number of ketones is 1. The number of ether oxygens (including phenoxy) is 1. The van der Waals surface area contributed by atoms with Gasteiger partial charge in [0.15, 0.2) is 5.12 Å². The third-order valence-electron chi connectivity index (χ3n) is 4.71. The highest BCUT2D eigenvalue weighted by atomic mass is 33.1. The van der Waals surface area contributed by atoms with Gasteiger partial charge in [-0.15, -0.1) is 0 Å². The standard InChI is InChI=1S/C22H31NO4S3/c1-16(24)21(29-17(2)25)15-18-7-9-19(10-8-18)27-13-12-23-22(26)6-4-3-5-20-11-14-28-30-20/h7-10,20-21H,3-6,11-15H2,1-2H3,(H,23,26). The molecule has 8 heteroatoms. The molecular weight excluding hydrogens is 438 g/mol. The van der Waals surface area contributed by atoms with E-state index in [0.29, 0.717) is 26.0 Å². The molecule has 0 spiro atoms. The van der Waals surface area contributed by atoms with Crippen LogP contribution in [0.1, 0.15) is 51.5 Å². The second-order valence-electron chi connectivity index (χ2n) is 7.33. The van der Waals surface area contributed by atoms with Crippen molar-refractivity contribution in [1.29, 1.82) is 0 Å². The van der Waals surface area contributed by atoms with Crippen LogP contribution >= 0.6 is 33.3 Å². The normalized spacial score (nSPS) is 16.8. The van der Waals surface area contributed by atoms with Crippen molar-refractivity contribution < 1.29 is 19.1 Å². The Morgan fingerprint density at radius 3 is 2.60 bits per heavy atom. The number of nitrogens with one attached hydrogen (secondary N) is 1. The summed E-state index contributed by atoms with van der Waals surface area (Å²) in [6.45, 7) is 3.89. The zero-order valence-electron chi connectivity index (χ0n) is 17.7. The number of carbonyl (C=O) groups excluding carboxylic acids is 3. The first-order chi connectivity index (χ1) is 14.4. The van der Waals surface area contributed by atoms with Crippen molar-refractivity contribution in [3.8, 4) is 5.75 Å². The fourth-order valence-corrected chi connectivity index (χ4v) is 6.94. The summed E-state index contributed by atoms with van der Waals surface area (Å²) in [7, 11) is 3.95. The Morgan fingerprint density at radius 2 is 1.97 bits per heavy atom. The van der Waals surface area contributed by atoms with Crippen LogP contribution in [0.2, 0.25) is 0 Å². The lowest BCUT2D eigenvalue weighted by Gasteiger charge is -2.12. The Bertz CT molecular complexity index is 690. The average Bonchev–Trinajstić information content (AvgIpc) is 3.22. The molecule has 1 aromatic rings. The minimum Gasteiger partial charge on any atom is -0.492 e. The minimum atomic E-state index is -0.347. The van der Waals surface area contributed by atoms with Crippen LogP contribution in [0.4, 0.5) is 0 Å². The van der Waals surface area contributed by atoms with E-state index in [4.69, 9.17) is 4.74 Å². The molecule has 1 aliphatic heterocycles. The van der Waals surface area contributed by atoms with Crippen LogP contribution in [-0.4, -0.2) is 46.2 Å². The van der Waals surface area contributed by atoms with Gasteiger partial charge >= 0.3 is 0 Å². The Hall–Kier alpha value is -1.12. The van der Waals surface area contributed by atoms with Crippen molar-refractivity contribution in [2.24, 2.45) is 0 Å². The Morgan fingerprint density at radius 1 is 1.20 bits per heavy atom. The summed E-state index contributed by atoms with van der Waals surface area (Å²) >= 11 is 1.08. The fraction of sp³-hybridized carbons (Fsp3) is 0.591. The lowest BCUT2D eigenvalue weighted by Crippen LogP contribution is -2.27. The number of thioether (sulfide) groups is 1. The zero-order valence-corrected chi connectivity index (χ0v) is 20.1. The van der Waals surface area contributed by atoms with Crippen LogP contribution in [0.5, 0.6) is 5.75 Å². The van der Waals surface area contributed by atoms with Crippen LogP contribution in [-0.2, 0) is 20.8 Å². The van der Waals surface area contributed by atoms with Gasteiger partial charge in [0.1, 0.15) is 18.1 Å². The van der Waals surface area contributed by atoms with Crippen LogP contribution in [0.15, 0.2) is 24.3 Å². The molecule has 30 heavy (non-hydrogen) atoms. The van der Waals surface area contributed by atoms with Crippen LogP contribution in [0.3, 0.4) is 0 Å². The molecule has 166 valence electrons. The van der Waals surface area contributed by atoms with Crippen LogP contribution in [0, 0.1) is 0 Å². The molecule has 0 saturated carbocycles. The van der Waals surface area contributed by atoms with E-state index in [2.05, 4.69) is 5.32 Å². The van der Waals surface area contributed by atoms with Crippen molar-refractivity contribution >= 4 is 50.2 Å². The van der Waals surface area contributed by atoms with Gasteiger partial charge < -0.3 is 10.1 Å². The van der Waals surface area contributed by atoms with E-state index in [9.17, 15) is 14.4 Å². The van der Waals surface area contributed by atoms with Crippen molar-refractivity contribution in [3.63, 3.8) is 0 Å². The van der Waals surface area contributed by atoms with Gasteiger partial charge in [-0.05, 0) is 50.3 Å². The van der Waals surface area contributed by atoms with Gasteiger partial charge in [0, 0.05) is 24.3 Å². The third kappa shape index (κ3) is 10.3. The summed E-state index contributed by atoms with van der Waals surface area (Å²) < 4.78 is 5.68. The highest BCUT2D eigenvalue weighted by Gasteiger charge is 2.18. The topological polar surface area (TPSA) is 72.5 Å². The minimum absolute atomic E-state index is 0.00250. The fourth-order valence-electron chi connectivity index (χ4n) is 3.07. The van der Waals surface area contributed by atoms with Crippen molar-refractivity contribution in [1.82, 2.24) is 5.32 Å². The molecule has 0 aromatic heterocycles. The maximum absolute atomic E-state index is 11.9. The molecule has 1 N–H and O–H groups in total. The van der Waals surface area contributed by atoms with Crippen molar-refractivity contribution in [2.45, 2.75) is 62.9 Å². The molecular formula is C22H31NO4S3. The monoisotopic (exact) mass is 469 g/mol. The highest BCUT2D eigenvalue weighted by molar-refractivity contribution is 8.77. The zero-order chi connectivity index (χ0) is 21.8. The summed E-state index contributed by atoms with van der Waals surface area (Å²) in [4.78, 5) is 34.9. The van der Waals surface area contributed by atoms with Gasteiger partial charge in [0.05, 0.1) is 11.8 Å². The van der Waals surface area contributed by atoms with Gasteiger partial charge in [-0.25, -0.2) is 0 Å². The van der Waals surface area contributed by atoms with Gasteiger partial charge in [-0.3, -0.25) is 14.4 Å². The maximum Gasteiger partial charge on any atom is 0.220 e. The van der Waals surface area contributed by atoms with E-state index in [1.807, 2.05) is 45.9 Å². The Balaban J connectivity index is 1.58. The van der Waals surface area contributed by atoms with Gasteiger partial charge in [0.25, 0.3) is 0 Å². The summed E-state index contributed by atoms with van der Waals surface area (Å²) in [6, 6.07) is 7.52. The molecule has 1 amide bonds. The predicted molar refractivity (Wildman–Crippen MR) is 128 cm³/mol. The first-order valence-corrected chi connectivity index (χ1v) is 13.6. The largest absolute Gasteiger partial charge is 0.492 e. The van der Waals surface area contributed by atoms with E-state index in [-0.39, 0.29) is 22.1 Å². The van der Waals surface area contributed by atoms with E-state index in [0.717, 1.165) is 41.2 Å². The summed E-state index contributed by atoms with van der Waals surface area (Å²) in [5.41, 5.74) is 0.985. The molecule has 1 saturated heterocycles. The first-order valence-electron chi connectivity index (χ1n) is 10.4. The van der Waals surface area contributed by atoms with Crippen molar-refractivity contribution in [2.75, 3.05) is 18.9 Å². The second-order valence-corrected chi connectivity index (χ2v) is 11.5. The number of rotatable bonds is 13. The Labute approximate surface area is 191 Å². The second kappa shape index (κ2) is 14.0. The SMILES string of the molecule is CC(=O)SC(Cc1ccc(OCCNC(=O)CCCCC2CCSS2)cc1)C(C)=O. The highest BCUT2D eigenvalue weighted by Crippen LogP contribution is 2.39. The molecule has 1 aromatic carbocycles. The molecule has 1 aliphatic rings. The summed E-state index contributed by atoms with van der Waals surface area (Å²) in [5.74, 6) is 2.07. The molecule has 0 bridgehead atoms. The Kier molecular flexibility index (Phi) is 11.8. The smallest absolute Gasteiger partial charge is 0.220 e. The van der Waals surface area contributed by atoms with Gasteiger partial charge in [0.2, 0.25) is 5.91 Å². The number of hydrogen-bond donors (Lipinski definition) is 1. The number of unbranched alkanes of at least 4 members (excludes halogenated alkanes) is 1. The van der Waals surface area contributed by atoms with Gasteiger partial charge in [-0.2, -0.15) is 0 Å². The number of benzene rings is 1. The van der Waals surface area contributed by atoms with E-state index < -0.39 is 0 Å². The summed E-state index contributed by atoms with van der Waals surface area (Å²) in [5, 5.41) is 3.28. The number of hydrogen-bond acceptors (Lipinski definition) is 7. The average molecular weight is 470 g/mol. The summed E-state index contributed by atoms with van der Waals surface area (Å²) in [6.07, 6.45) is 5.67. The van der Waals surface area contributed by atoms with Crippen LogP contribution in [0.25, 0.3) is 0 Å². The predicted octanol–water partition coefficient (Wildman–Crippen LogP) is 4.68. The van der Waals surface area contributed by atoms with Crippen LogP contribution < -0.4 is 10.1 Å². The molecule has 1 heterocycles. The number of carbonyl (C=O) groups is 3. The van der Waals surface area contributed by atoms with E-state index >= 15 is 0 Å². The molecule has 2 rings (SSSR count). The molecule has 2 unspecified atom stereocenters. The first kappa shape index (κ1) is 25.1. The molecule has 1 fully saturated rings. The number of amides is 1. The quantitative estimate of drug-likeness (QED) is 0.332. The lowest BCUT2D eigenvalue weighted by molar-refractivity contribution is -0.121. The lowest BCUT2D eigenvalue weighted by atomic mass is 10.1. The molecule has 0 radical (unpaired) electrons.